The van der Waals surface area contributed by atoms with Gasteiger partial charge in [-0.15, -0.1) is 13.2 Å². The van der Waals surface area contributed by atoms with Gasteiger partial charge in [0.05, 0.1) is 5.56 Å². The highest BCUT2D eigenvalue weighted by Gasteiger charge is 2.32. The van der Waals surface area contributed by atoms with E-state index in [1.165, 1.54) is 31.2 Å². The Bertz CT molecular complexity index is 882. The zero-order valence-electron chi connectivity index (χ0n) is 17.0. The maximum absolute atomic E-state index is 13.0. The summed E-state index contributed by atoms with van der Waals surface area (Å²) in [7, 11) is 0. The zero-order valence-corrected chi connectivity index (χ0v) is 17.0. The Morgan fingerprint density at radius 2 is 1.71 bits per heavy atom. The number of amides is 1. The molecule has 3 heterocycles. The minimum atomic E-state index is -4.74. The van der Waals surface area contributed by atoms with Crippen molar-refractivity contribution >= 4 is 5.91 Å². The van der Waals surface area contributed by atoms with E-state index in [1.54, 1.807) is 12.1 Å². The van der Waals surface area contributed by atoms with Gasteiger partial charge in [0.1, 0.15) is 11.5 Å². The summed E-state index contributed by atoms with van der Waals surface area (Å²) in [5.74, 6) is 0.194. The largest absolute Gasteiger partial charge is 0.573 e. The van der Waals surface area contributed by atoms with E-state index in [9.17, 15) is 18.0 Å². The quantitative estimate of drug-likeness (QED) is 0.670. The lowest BCUT2D eigenvalue weighted by Crippen LogP contribution is -2.42. The smallest absolute Gasteiger partial charge is 0.439 e. The Labute approximate surface area is 178 Å². The number of aromatic nitrogens is 1. The van der Waals surface area contributed by atoms with Gasteiger partial charge in [-0.2, -0.15) is 0 Å². The summed E-state index contributed by atoms with van der Waals surface area (Å²) in [6.07, 6.45) is 1.21. The van der Waals surface area contributed by atoms with E-state index in [4.69, 9.17) is 4.74 Å². The third-order valence-corrected chi connectivity index (χ3v) is 5.57. The number of halogens is 3. The standard InChI is InChI=1S/C22H24F3N3O3/c23-22(24,25)31-19-8-6-18(7-9-19)30-20-10-5-16(14-26-20)21(29)28-13-3-4-17(28)15-27-11-1-2-12-27/h5-10,14,17H,1-4,11-13,15H2. The second-order valence-corrected chi connectivity index (χ2v) is 7.81. The number of benzene rings is 1. The molecule has 0 spiro atoms. The van der Waals surface area contributed by atoms with Gasteiger partial charge in [-0.3, -0.25) is 4.79 Å². The first-order valence-electron chi connectivity index (χ1n) is 10.4. The van der Waals surface area contributed by atoms with E-state index in [0.717, 1.165) is 51.2 Å². The van der Waals surface area contributed by atoms with Crippen LogP contribution in [-0.4, -0.2) is 59.3 Å². The highest BCUT2D eigenvalue weighted by atomic mass is 19.4. The number of pyridine rings is 1. The number of hydrogen-bond acceptors (Lipinski definition) is 5. The highest BCUT2D eigenvalue weighted by molar-refractivity contribution is 5.94. The second-order valence-electron chi connectivity index (χ2n) is 7.81. The molecule has 0 aliphatic carbocycles. The van der Waals surface area contributed by atoms with Gasteiger partial charge in [-0.05, 0) is 69.1 Å². The molecule has 1 unspecified atom stereocenters. The zero-order chi connectivity index (χ0) is 21.8. The molecule has 0 N–H and O–H groups in total. The first-order chi connectivity index (χ1) is 14.9. The number of rotatable bonds is 6. The van der Waals surface area contributed by atoms with Crippen molar-refractivity contribution in [1.29, 1.82) is 0 Å². The number of likely N-dealkylation sites (tertiary alicyclic amines) is 2. The summed E-state index contributed by atoms with van der Waals surface area (Å²) in [6.45, 7) is 3.89. The van der Waals surface area contributed by atoms with Crippen LogP contribution in [0.1, 0.15) is 36.0 Å². The van der Waals surface area contributed by atoms with Crippen LogP contribution in [-0.2, 0) is 0 Å². The molecular weight excluding hydrogens is 411 g/mol. The van der Waals surface area contributed by atoms with Crippen molar-refractivity contribution in [2.45, 2.75) is 38.1 Å². The van der Waals surface area contributed by atoms with Crippen molar-refractivity contribution in [3.8, 4) is 17.4 Å². The first-order valence-corrected chi connectivity index (χ1v) is 10.4. The van der Waals surface area contributed by atoms with Crippen LogP contribution in [0.2, 0.25) is 0 Å². The van der Waals surface area contributed by atoms with Crippen LogP contribution >= 0.6 is 0 Å². The number of alkyl halides is 3. The Kier molecular flexibility index (Phi) is 6.31. The van der Waals surface area contributed by atoms with Gasteiger partial charge in [-0.1, -0.05) is 0 Å². The summed E-state index contributed by atoms with van der Waals surface area (Å²) in [5, 5.41) is 0. The normalized spacial score (nSPS) is 19.6. The SMILES string of the molecule is O=C(c1ccc(Oc2ccc(OC(F)(F)F)cc2)nc1)N1CCCC1CN1CCCC1. The Balaban J connectivity index is 1.35. The molecule has 2 saturated heterocycles. The van der Waals surface area contributed by atoms with Gasteiger partial charge >= 0.3 is 6.36 Å². The van der Waals surface area contributed by atoms with Crippen molar-refractivity contribution < 1.29 is 27.4 Å². The lowest BCUT2D eigenvalue weighted by Gasteiger charge is -2.28. The fraction of sp³-hybridized carbons (Fsp3) is 0.455. The predicted octanol–water partition coefficient (Wildman–Crippen LogP) is 4.47. The van der Waals surface area contributed by atoms with Crippen LogP contribution in [0.5, 0.6) is 17.4 Å². The summed E-state index contributed by atoms with van der Waals surface area (Å²) < 4.78 is 46.1. The fourth-order valence-electron chi connectivity index (χ4n) is 4.12. The summed E-state index contributed by atoms with van der Waals surface area (Å²) in [4.78, 5) is 21.5. The molecule has 1 aromatic heterocycles. The summed E-state index contributed by atoms with van der Waals surface area (Å²) in [6, 6.07) is 8.52. The summed E-state index contributed by atoms with van der Waals surface area (Å²) >= 11 is 0. The minimum Gasteiger partial charge on any atom is -0.439 e. The molecule has 4 rings (SSSR count). The molecule has 1 amide bonds. The Morgan fingerprint density at radius 1 is 1.00 bits per heavy atom. The van der Waals surface area contributed by atoms with Gasteiger partial charge in [-0.25, -0.2) is 4.98 Å². The average Bonchev–Trinajstić information content (AvgIpc) is 3.41. The number of carbonyl (C=O) groups excluding carboxylic acids is 1. The molecule has 31 heavy (non-hydrogen) atoms. The van der Waals surface area contributed by atoms with E-state index in [-0.39, 0.29) is 23.6 Å². The van der Waals surface area contributed by atoms with E-state index in [1.807, 2.05) is 4.90 Å². The third kappa shape index (κ3) is 5.66. The average molecular weight is 435 g/mol. The Hall–Kier alpha value is -2.81. The minimum absolute atomic E-state index is 0.0330. The van der Waals surface area contributed by atoms with Crippen molar-refractivity contribution in [1.82, 2.24) is 14.8 Å². The van der Waals surface area contributed by atoms with Gasteiger partial charge in [0, 0.05) is 31.4 Å². The second kappa shape index (κ2) is 9.13. The van der Waals surface area contributed by atoms with Crippen molar-refractivity contribution in [3.05, 3.63) is 48.2 Å². The van der Waals surface area contributed by atoms with Crippen LogP contribution in [0, 0.1) is 0 Å². The molecule has 2 aliphatic rings. The van der Waals surface area contributed by atoms with Crippen molar-refractivity contribution in [2.24, 2.45) is 0 Å². The Morgan fingerprint density at radius 3 is 2.35 bits per heavy atom. The molecule has 6 nitrogen and oxygen atoms in total. The van der Waals surface area contributed by atoms with Crippen LogP contribution in [0.4, 0.5) is 13.2 Å². The van der Waals surface area contributed by atoms with E-state index in [0.29, 0.717) is 11.3 Å². The van der Waals surface area contributed by atoms with Gasteiger partial charge in [0.25, 0.3) is 5.91 Å². The highest BCUT2D eigenvalue weighted by Crippen LogP contribution is 2.27. The maximum Gasteiger partial charge on any atom is 0.573 e. The molecular formula is C22H24F3N3O3. The van der Waals surface area contributed by atoms with Crippen LogP contribution in [0.15, 0.2) is 42.6 Å². The van der Waals surface area contributed by atoms with Crippen molar-refractivity contribution in [2.75, 3.05) is 26.2 Å². The molecule has 9 heteroatoms. The number of nitrogens with zero attached hydrogens (tertiary/aromatic N) is 3. The summed E-state index contributed by atoms with van der Waals surface area (Å²) in [5.41, 5.74) is 0.495. The molecule has 1 aromatic carbocycles. The van der Waals surface area contributed by atoms with Crippen LogP contribution in [0.25, 0.3) is 0 Å². The molecule has 2 aliphatic heterocycles. The number of ether oxygens (including phenoxy) is 2. The van der Waals surface area contributed by atoms with Crippen molar-refractivity contribution in [3.63, 3.8) is 0 Å². The van der Waals surface area contributed by atoms with E-state index < -0.39 is 6.36 Å². The van der Waals surface area contributed by atoms with Crippen LogP contribution in [0.3, 0.4) is 0 Å². The van der Waals surface area contributed by atoms with Gasteiger partial charge in [0.2, 0.25) is 5.88 Å². The first kappa shape index (κ1) is 21.4. The maximum atomic E-state index is 13.0. The molecule has 0 bridgehead atoms. The van der Waals surface area contributed by atoms with Crippen LogP contribution < -0.4 is 9.47 Å². The fourth-order valence-corrected chi connectivity index (χ4v) is 4.12. The molecule has 1 atom stereocenters. The monoisotopic (exact) mass is 435 g/mol. The third-order valence-electron chi connectivity index (χ3n) is 5.57. The molecule has 2 aromatic rings. The number of carbonyl (C=O) groups is 1. The van der Waals surface area contributed by atoms with E-state index in [2.05, 4.69) is 14.6 Å². The lowest BCUT2D eigenvalue weighted by atomic mass is 10.2. The molecule has 2 fully saturated rings. The van der Waals surface area contributed by atoms with Gasteiger partial charge < -0.3 is 19.3 Å². The van der Waals surface area contributed by atoms with E-state index >= 15 is 0 Å². The lowest BCUT2D eigenvalue weighted by molar-refractivity contribution is -0.274. The molecule has 0 radical (unpaired) electrons. The number of hydrogen-bond donors (Lipinski definition) is 0. The molecule has 166 valence electrons. The van der Waals surface area contributed by atoms with Gasteiger partial charge in [0.15, 0.2) is 0 Å². The topological polar surface area (TPSA) is 54.9 Å². The molecule has 0 saturated carbocycles. The predicted molar refractivity (Wildman–Crippen MR) is 107 cm³/mol.